The number of hydrogen-bond acceptors (Lipinski definition) is 1. The molecular formula is C16H20NO. The lowest BCUT2D eigenvalue weighted by molar-refractivity contribution is 0.283. The fraction of sp³-hybridized carbons (Fsp3) is 0.375. The number of rotatable bonds is 5. The van der Waals surface area contributed by atoms with Gasteiger partial charge in [-0.2, -0.15) is 0 Å². The van der Waals surface area contributed by atoms with Gasteiger partial charge in [-0.15, -0.1) is 0 Å². The van der Waals surface area contributed by atoms with Crippen LogP contribution >= 0.6 is 0 Å². The molecule has 0 spiro atoms. The van der Waals surface area contributed by atoms with E-state index in [1.807, 2.05) is 36.4 Å². The highest BCUT2D eigenvalue weighted by atomic mass is 16.5. The van der Waals surface area contributed by atoms with Crippen LogP contribution in [-0.4, -0.2) is 6.61 Å². The Morgan fingerprint density at radius 3 is 2.72 bits per heavy atom. The molecule has 0 fully saturated rings. The Morgan fingerprint density at radius 1 is 1.17 bits per heavy atom. The highest BCUT2D eigenvalue weighted by Gasteiger charge is 2.06. The maximum absolute atomic E-state index is 8.15. The van der Waals surface area contributed by atoms with Gasteiger partial charge >= 0.3 is 0 Å². The second-order valence-corrected chi connectivity index (χ2v) is 4.81. The van der Waals surface area contributed by atoms with E-state index >= 15 is 0 Å². The molecule has 0 bridgehead atoms. The zero-order valence-electron chi connectivity index (χ0n) is 11.1. The van der Waals surface area contributed by atoms with Crippen LogP contribution in [0.15, 0.2) is 36.4 Å². The van der Waals surface area contributed by atoms with E-state index in [1.54, 1.807) is 0 Å². The summed E-state index contributed by atoms with van der Waals surface area (Å²) in [5, 5.41) is 2.05. The van der Waals surface area contributed by atoms with Crippen molar-refractivity contribution in [2.45, 2.75) is 26.7 Å². The Balaban J connectivity index is 2.12. The molecule has 2 nitrogen and oxygen atoms in total. The molecule has 0 aliphatic carbocycles. The molecule has 1 N–H and O–H groups in total. The largest absolute Gasteiger partial charge is 0.491 e. The molecule has 0 aromatic heterocycles. The van der Waals surface area contributed by atoms with Crippen molar-refractivity contribution < 1.29 is 4.74 Å². The maximum Gasteiger partial charge on any atom is 0.144 e. The molecule has 0 amide bonds. The lowest BCUT2D eigenvalue weighted by Crippen LogP contribution is -2.03. The minimum absolute atomic E-state index is 0.497. The lowest BCUT2D eigenvalue weighted by atomic mass is 10.1. The van der Waals surface area contributed by atoms with Crippen LogP contribution in [0.5, 0.6) is 5.75 Å². The molecule has 0 heterocycles. The monoisotopic (exact) mass is 242 g/mol. The smallest absolute Gasteiger partial charge is 0.144 e. The summed E-state index contributed by atoms with van der Waals surface area (Å²) in [5.41, 5.74) is 8.64. The SMILES string of the molecule is CCC(C)CCOc1ccc2ccccc2c1[NH]. The summed E-state index contributed by atoms with van der Waals surface area (Å²) < 4.78 is 5.73. The van der Waals surface area contributed by atoms with Crippen molar-refractivity contribution in [1.29, 1.82) is 0 Å². The van der Waals surface area contributed by atoms with E-state index in [9.17, 15) is 0 Å². The predicted octanol–water partition coefficient (Wildman–Crippen LogP) is 4.57. The molecule has 2 rings (SSSR count). The minimum Gasteiger partial charge on any atom is -0.491 e. The van der Waals surface area contributed by atoms with Gasteiger partial charge in [-0.3, -0.25) is 5.73 Å². The van der Waals surface area contributed by atoms with Gasteiger partial charge in [-0.1, -0.05) is 50.6 Å². The first-order chi connectivity index (χ1) is 8.72. The van der Waals surface area contributed by atoms with Crippen molar-refractivity contribution >= 4 is 16.5 Å². The van der Waals surface area contributed by atoms with Gasteiger partial charge in [0, 0.05) is 5.39 Å². The summed E-state index contributed by atoms with van der Waals surface area (Å²) in [6.45, 7) is 5.11. The molecule has 0 aliphatic rings. The van der Waals surface area contributed by atoms with E-state index in [-0.39, 0.29) is 0 Å². The second kappa shape index (κ2) is 5.76. The average Bonchev–Trinajstić information content (AvgIpc) is 2.41. The topological polar surface area (TPSA) is 33.0 Å². The van der Waals surface area contributed by atoms with E-state index < -0.39 is 0 Å². The predicted molar refractivity (Wildman–Crippen MR) is 76.3 cm³/mol. The van der Waals surface area contributed by atoms with E-state index in [2.05, 4.69) is 13.8 Å². The summed E-state index contributed by atoms with van der Waals surface area (Å²) in [6, 6.07) is 11.9. The molecule has 0 saturated heterocycles. The normalized spacial score (nSPS) is 12.6. The van der Waals surface area contributed by atoms with Crippen LogP contribution in [0.4, 0.5) is 5.69 Å². The van der Waals surface area contributed by atoms with E-state index in [1.165, 1.54) is 6.42 Å². The average molecular weight is 242 g/mol. The van der Waals surface area contributed by atoms with Crippen molar-refractivity contribution in [3.8, 4) is 5.75 Å². The standard InChI is InChI=1S/C16H20NO/c1-3-12(2)10-11-18-15-9-8-13-6-4-5-7-14(13)16(15)17/h4-9,12,17H,3,10-11H2,1-2H3. The van der Waals surface area contributed by atoms with Crippen molar-refractivity contribution in [2.75, 3.05) is 6.61 Å². The Kier molecular flexibility index (Phi) is 4.08. The molecule has 2 heteroatoms. The van der Waals surface area contributed by atoms with E-state index in [0.29, 0.717) is 24.0 Å². The van der Waals surface area contributed by atoms with Gasteiger partial charge in [0.2, 0.25) is 0 Å². The number of ether oxygens (including phenoxy) is 1. The molecule has 18 heavy (non-hydrogen) atoms. The summed E-state index contributed by atoms with van der Waals surface area (Å²) >= 11 is 0. The Labute approximate surface area is 109 Å². The molecular weight excluding hydrogens is 222 g/mol. The molecule has 1 unspecified atom stereocenters. The summed E-state index contributed by atoms with van der Waals surface area (Å²) in [6.07, 6.45) is 2.22. The van der Waals surface area contributed by atoms with Crippen LogP contribution in [0.3, 0.4) is 0 Å². The molecule has 0 saturated carbocycles. The molecule has 0 aliphatic heterocycles. The molecule has 95 valence electrons. The Hall–Kier alpha value is -1.70. The van der Waals surface area contributed by atoms with Crippen LogP contribution < -0.4 is 10.5 Å². The fourth-order valence-electron chi connectivity index (χ4n) is 1.95. The summed E-state index contributed by atoms with van der Waals surface area (Å²) in [4.78, 5) is 0. The van der Waals surface area contributed by atoms with E-state index in [0.717, 1.165) is 17.2 Å². The minimum atomic E-state index is 0.497. The summed E-state index contributed by atoms with van der Waals surface area (Å²) in [5.74, 6) is 1.37. The molecule has 1 radical (unpaired) electrons. The van der Waals surface area contributed by atoms with Crippen molar-refractivity contribution in [3.63, 3.8) is 0 Å². The second-order valence-electron chi connectivity index (χ2n) is 4.81. The first-order valence-corrected chi connectivity index (χ1v) is 6.58. The number of nitrogens with one attached hydrogen (secondary N) is 1. The van der Waals surface area contributed by atoms with Crippen LogP contribution in [0.2, 0.25) is 0 Å². The van der Waals surface area contributed by atoms with Gasteiger partial charge in [-0.05, 0) is 23.8 Å². The lowest BCUT2D eigenvalue weighted by Gasteiger charge is -2.12. The number of benzene rings is 2. The third-order valence-electron chi connectivity index (χ3n) is 3.46. The molecule has 2 aromatic carbocycles. The maximum atomic E-state index is 8.15. The van der Waals surface area contributed by atoms with Crippen LogP contribution in [0.25, 0.3) is 10.8 Å². The van der Waals surface area contributed by atoms with Gasteiger partial charge in [0.25, 0.3) is 0 Å². The van der Waals surface area contributed by atoms with Crippen molar-refractivity contribution in [1.82, 2.24) is 5.73 Å². The Bertz CT molecular complexity index is 521. The quantitative estimate of drug-likeness (QED) is 0.756. The molecule has 1 atom stereocenters. The first kappa shape index (κ1) is 12.7. The van der Waals surface area contributed by atoms with Crippen LogP contribution in [0.1, 0.15) is 26.7 Å². The Morgan fingerprint density at radius 2 is 1.94 bits per heavy atom. The van der Waals surface area contributed by atoms with Crippen molar-refractivity contribution in [2.24, 2.45) is 5.92 Å². The number of fused-ring (bicyclic) bond motifs is 1. The third-order valence-corrected chi connectivity index (χ3v) is 3.46. The van der Waals surface area contributed by atoms with Gasteiger partial charge in [0.05, 0.1) is 6.61 Å². The van der Waals surface area contributed by atoms with Gasteiger partial charge in [0.1, 0.15) is 11.4 Å². The van der Waals surface area contributed by atoms with Gasteiger partial charge in [0.15, 0.2) is 0 Å². The van der Waals surface area contributed by atoms with Crippen LogP contribution in [0, 0.1) is 5.92 Å². The molecule has 2 aromatic rings. The van der Waals surface area contributed by atoms with Gasteiger partial charge in [-0.25, -0.2) is 0 Å². The first-order valence-electron chi connectivity index (χ1n) is 6.58. The zero-order valence-corrected chi connectivity index (χ0v) is 11.1. The third kappa shape index (κ3) is 2.76. The zero-order chi connectivity index (χ0) is 13.0. The highest BCUT2D eigenvalue weighted by Crippen LogP contribution is 2.31. The highest BCUT2D eigenvalue weighted by molar-refractivity contribution is 5.94. The summed E-state index contributed by atoms with van der Waals surface area (Å²) in [7, 11) is 0. The van der Waals surface area contributed by atoms with Gasteiger partial charge < -0.3 is 4.74 Å². The van der Waals surface area contributed by atoms with E-state index in [4.69, 9.17) is 10.5 Å². The fourth-order valence-corrected chi connectivity index (χ4v) is 1.95. The van der Waals surface area contributed by atoms with Crippen molar-refractivity contribution in [3.05, 3.63) is 36.4 Å². The van der Waals surface area contributed by atoms with Crippen LogP contribution in [-0.2, 0) is 0 Å². The number of hydrogen-bond donors (Lipinski definition) is 0.